The number of halogens is 1. The number of nitrogens with one attached hydrogen (secondary N) is 1. The van der Waals surface area contributed by atoms with Crippen LogP contribution in [0.4, 0.5) is 4.39 Å². The Bertz CT molecular complexity index is 787. The van der Waals surface area contributed by atoms with Crippen LogP contribution in [0.5, 0.6) is 5.75 Å². The molecule has 27 heavy (non-hydrogen) atoms. The lowest BCUT2D eigenvalue weighted by Crippen LogP contribution is -2.32. The van der Waals surface area contributed by atoms with Crippen molar-refractivity contribution in [1.82, 2.24) is 5.32 Å². The van der Waals surface area contributed by atoms with E-state index in [0.717, 1.165) is 29.5 Å². The van der Waals surface area contributed by atoms with Crippen molar-refractivity contribution >= 4 is 5.57 Å². The summed E-state index contributed by atoms with van der Waals surface area (Å²) in [7, 11) is 0. The van der Waals surface area contributed by atoms with E-state index in [-0.39, 0.29) is 6.61 Å². The zero-order valence-electron chi connectivity index (χ0n) is 16.3. The molecule has 1 aliphatic carbocycles. The molecule has 1 aromatic carbocycles. The second kappa shape index (κ2) is 9.94. The van der Waals surface area contributed by atoms with E-state index in [9.17, 15) is 9.65 Å². The molecule has 0 radical (unpaired) electrons. The Morgan fingerprint density at radius 3 is 2.85 bits per heavy atom. The highest BCUT2D eigenvalue weighted by molar-refractivity contribution is 5.83. The van der Waals surface area contributed by atoms with Gasteiger partial charge in [-0.05, 0) is 54.7 Å². The number of nitriles is 1. The maximum atomic E-state index is 12.3. The molecule has 1 aromatic rings. The minimum atomic E-state index is -0.537. The van der Waals surface area contributed by atoms with E-state index in [2.05, 4.69) is 37.4 Å². The predicted octanol–water partition coefficient (Wildman–Crippen LogP) is 4.18. The van der Waals surface area contributed by atoms with Crippen molar-refractivity contribution in [2.75, 3.05) is 13.3 Å². The summed E-state index contributed by atoms with van der Waals surface area (Å²) in [5.41, 5.74) is 9.79. The van der Waals surface area contributed by atoms with E-state index in [4.69, 9.17) is 10.5 Å². The van der Waals surface area contributed by atoms with E-state index in [1.165, 1.54) is 0 Å². The molecule has 1 atom stereocenters. The van der Waals surface area contributed by atoms with Gasteiger partial charge in [-0.2, -0.15) is 5.26 Å². The quantitative estimate of drug-likeness (QED) is 0.707. The largest absolute Gasteiger partial charge is 0.491 e. The first-order valence-electron chi connectivity index (χ1n) is 9.30. The monoisotopic (exact) mass is 369 g/mol. The third-order valence-corrected chi connectivity index (χ3v) is 4.40. The van der Waals surface area contributed by atoms with Gasteiger partial charge in [-0.1, -0.05) is 32.1 Å². The molecule has 0 fully saturated rings. The topological polar surface area (TPSA) is 71.1 Å². The molecule has 0 spiro atoms. The van der Waals surface area contributed by atoms with Gasteiger partial charge in [0.2, 0.25) is 0 Å². The lowest BCUT2D eigenvalue weighted by Gasteiger charge is -2.16. The lowest BCUT2D eigenvalue weighted by molar-refractivity contribution is 0.273. The predicted molar refractivity (Wildman–Crippen MR) is 108 cm³/mol. The minimum absolute atomic E-state index is 0.0190. The highest BCUT2D eigenvalue weighted by Crippen LogP contribution is 2.28. The van der Waals surface area contributed by atoms with Crippen LogP contribution in [0.1, 0.15) is 37.8 Å². The maximum absolute atomic E-state index is 12.3. The zero-order valence-corrected chi connectivity index (χ0v) is 16.3. The average Bonchev–Trinajstić information content (AvgIpc) is 2.87. The van der Waals surface area contributed by atoms with Gasteiger partial charge in [0, 0.05) is 12.1 Å². The van der Waals surface area contributed by atoms with Gasteiger partial charge < -0.3 is 15.8 Å². The molecule has 0 aliphatic heterocycles. The number of nitrogens with two attached hydrogens (primary N) is 1. The molecular weight excluding hydrogens is 341 g/mol. The summed E-state index contributed by atoms with van der Waals surface area (Å²) in [5, 5.41) is 13.2. The number of allylic oxidation sites excluding steroid dienone is 3. The molecule has 3 N–H and O–H groups in total. The summed E-state index contributed by atoms with van der Waals surface area (Å²) in [6.07, 6.45) is 8.07. The fourth-order valence-electron chi connectivity index (χ4n) is 3.14. The normalized spacial score (nSPS) is 17.8. The Labute approximate surface area is 161 Å². The van der Waals surface area contributed by atoms with Crippen molar-refractivity contribution in [2.24, 2.45) is 5.73 Å². The summed E-state index contributed by atoms with van der Waals surface area (Å²) < 4.78 is 17.6. The number of nitrogens with zero attached hydrogens (tertiary/aromatic N) is 1. The Morgan fingerprint density at radius 1 is 1.44 bits per heavy atom. The van der Waals surface area contributed by atoms with Gasteiger partial charge in [0.1, 0.15) is 25.1 Å². The summed E-state index contributed by atoms with van der Waals surface area (Å²) in [4.78, 5) is 0. The molecule has 0 saturated carbocycles. The van der Waals surface area contributed by atoms with Crippen LogP contribution in [-0.4, -0.2) is 25.4 Å². The smallest absolute Gasteiger partial charge is 0.123 e. The van der Waals surface area contributed by atoms with Gasteiger partial charge in [-0.15, -0.1) is 0 Å². The second-order valence-electron chi connectivity index (χ2n) is 6.94. The van der Waals surface area contributed by atoms with Gasteiger partial charge in [0.25, 0.3) is 0 Å². The highest BCUT2D eigenvalue weighted by atomic mass is 19.1. The molecule has 0 saturated heterocycles. The number of ether oxygens (including phenoxy) is 1. The lowest BCUT2D eigenvalue weighted by atomic mass is 9.96. The van der Waals surface area contributed by atoms with Crippen molar-refractivity contribution in [3.05, 3.63) is 58.8 Å². The van der Waals surface area contributed by atoms with Gasteiger partial charge in [-0.3, -0.25) is 0 Å². The molecule has 4 nitrogen and oxygen atoms in total. The highest BCUT2D eigenvalue weighted by Gasteiger charge is 2.15. The van der Waals surface area contributed by atoms with Crippen molar-refractivity contribution in [3.63, 3.8) is 0 Å². The van der Waals surface area contributed by atoms with E-state index < -0.39 is 6.67 Å². The van der Waals surface area contributed by atoms with Crippen LogP contribution < -0.4 is 15.8 Å². The Kier molecular flexibility index (Phi) is 7.63. The Hall–Kier alpha value is -2.58. The Balaban J connectivity index is 2.30. The molecule has 5 heteroatoms. The fraction of sp³-hybridized carbons (Fsp3) is 0.409. The van der Waals surface area contributed by atoms with Gasteiger partial charge in [0.15, 0.2) is 0 Å². The third kappa shape index (κ3) is 5.70. The van der Waals surface area contributed by atoms with E-state index in [1.807, 2.05) is 13.0 Å². The van der Waals surface area contributed by atoms with E-state index in [1.54, 1.807) is 18.2 Å². The van der Waals surface area contributed by atoms with Crippen LogP contribution in [0.15, 0.2) is 47.7 Å². The molecule has 1 aliphatic rings. The molecule has 0 bridgehead atoms. The molecule has 0 heterocycles. The zero-order chi connectivity index (χ0) is 19.8. The second-order valence-corrected chi connectivity index (χ2v) is 6.94. The fourth-order valence-corrected chi connectivity index (χ4v) is 3.14. The molecule has 0 amide bonds. The van der Waals surface area contributed by atoms with Crippen LogP contribution in [-0.2, 0) is 0 Å². The molecule has 0 aromatic heterocycles. The first-order valence-corrected chi connectivity index (χ1v) is 9.30. The first-order chi connectivity index (χ1) is 13.0. The summed E-state index contributed by atoms with van der Waals surface area (Å²) in [6.45, 7) is 5.62. The SMILES string of the molecule is Cc1cc(OCCF)ccc1/C(C#N)=C(\N)C1=CCCC(NC(C)C)C=C1. The molecular formula is C22H28FN3O. The number of aryl methyl sites for hydroxylation is 1. The average molecular weight is 369 g/mol. The minimum Gasteiger partial charge on any atom is -0.491 e. The van der Waals surface area contributed by atoms with Gasteiger partial charge >= 0.3 is 0 Å². The first kappa shape index (κ1) is 20.7. The number of benzene rings is 1. The van der Waals surface area contributed by atoms with E-state index >= 15 is 0 Å². The maximum Gasteiger partial charge on any atom is 0.123 e. The van der Waals surface area contributed by atoms with Crippen LogP contribution in [0.2, 0.25) is 0 Å². The number of hydrogen-bond donors (Lipinski definition) is 2. The summed E-state index contributed by atoms with van der Waals surface area (Å²) in [6, 6.07) is 8.29. The summed E-state index contributed by atoms with van der Waals surface area (Å²) in [5.74, 6) is 0.584. The Morgan fingerprint density at radius 2 is 2.22 bits per heavy atom. The summed E-state index contributed by atoms with van der Waals surface area (Å²) >= 11 is 0. The van der Waals surface area contributed by atoms with Crippen LogP contribution in [0, 0.1) is 18.3 Å². The van der Waals surface area contributed by atoms with Crippen molar-refractivity contribution in [3.8, 4) is 11.8 Å². The van der Waals surface area contributed by atoms with Gasteiger partial charge in [-0.25, -0.2) is 4.39 Å². The number of alkyl halides is 1. The number of hydrogen-bond acceptors (Lipinski definition) is 4. The van der Waals surface area contributed by atoms with Crippen LogP contribution >= 0.6 is 0 Å². The standard InChI is InChI=1S/C22H28FN3O/c1-15(2)26-18-6-4-5-17(7-8-18)22(25)21(14-24)20-10-9-19(13-16(20)3)27-12-11-23/h5,7-10,13,15,18,26H,4,6,11-12,25H2,1-3H3/b22-21-. The molecule has 2 rings (SSSR count). The van der Waals surface area contributed by atoms with Crippen molar-refractivity contribution < 1.29 is 9.13 Å². The van der Waals surface area contributed by atoms with Crippen molar-refractivity contribution in [1.29, 1.82) is 5.26 Å². The van der Waals surface area contributed by atoms with Crippen LogP contribution in [0.25, 0.3) is 5.57 Å². The van der Waals surface area contributed by atoms with E-state index in [0.29, 0.717) is 29.1 Å². The van der Waals surface area contributed by atoms with Crippen LogP contribution in [0.3, 0.4) is 0 Å². The number of rotatable bonds is 7. The molecule has 1 unspecified atom stereocenters. The van der Waals surface area contributed by atoms with Gasteiger partial charge in [0.05, 0.1) is 11.3 Å². The van der Waals surface area contributed by atoms with Crippen molar-refractivity contribution in [2.45, 2.75) is 45.7 Å². The third-order valence-electron chi connectivity index (χ3n) is 4.40. The molecule has 144 valence electrons.